The average molecular weight is 946 g/mol. The van der Waals surface area contributed by atoms with Crippen LogP contribution in [0.25, 0.3) is 11.3 Å². The zero-order valence-corrected chi connectivity index (χ0v) is 39.7. The lowest BCUT2D eigenvalue weighted by molar-refractivity contribution is -0.169. The molecule has 0 bridgehead atoms. The maximum atomic E-state index is 13.7. The lowest BCUT2D eigenvalue weighted by atomic mass is 9.90. The first-order valence-corrected chi connectivity index (χ1v) is 22.9. The summed E-state index contributed by atoms with van der Waals surface area (Å²) in [6.45, 7) is 10.5. The number of carbonyl (C=O) groups excluding carboxylic acids is 8. The summed E-state index contributed by atoms with van der Waals surface area (Å²) in [7, 11) is 4.99. The summed E-state index contributed by atoms with van der Waals surface area (Å²) in [5, 5.41) is 11.4. The molecule has 368 valence electrons. The molecular formula is C48H64BN5O14. The van der Waals surface area contributed by atoms with Crippen molar-refractivity contribution in [1.82, 2.24) is 26.3 Å². The van der Waals surface area contributed by atoms with Crippen LogP contribution >= 0.6 is 0 Å². The third kappa shape index (κ3) is 17.7. The van der Waals surface area contributed by atoms with Gasteiger partial charge in [0.25, 0.3) is 17.8 Å². The Bertz CT molecular complexity index is 2130. The Kier molecular flexibility index (Phi) is 23.7. The summed E-state index contributed by atoms with van der Waals surface area (Å²) in [6.07, 6.45) is 4.48. The first kappa shape index (κ1) is 55.5. The van der Waals surface area contributed by atoms with Gasteiger partial charge in [0.15, 0.2) is 12.4 Å². The number of furan rings is 1. The van der Waals surface area contributed by atoms with Crippen molar-refractivity contribution in [3.63, 3.8) is 0 Å². The molecule has 68 heavy (non-hydrogen) atoms. The second-order valence-electron chi connectivity index (χ2n) is 16.2. The number of hydrogen-bond acceptors (Lipinski definition) is 14. The summed E-state index contributed by atoms with van der Waals surface area (Å²) in [4.78, 5) is 109. The molecule has 2 radical (unpaired) electrons. The SMILES string of the molecule is [B]OC(=O)C[C@H](NC(=O)c1ccc(-c2ccc(C(=O)NCNC(=O)[C@H](CCCCC)[C@@H](CC)N(C=O)OC(=O)NC(C)(C)c3ccccc3)o2)cc1OCC(=O)OCCCC)C(=O)OCCCC. The lowest BCUT2D eigenvalue weighted by Gasteiger charge is -2.33. The van der Waals surface area contributed by atoms with Crippen molar-refractivity contribution in [3.8, 4) is 17.1 Å². The predicted molar refractivity (Wildman–Crippen MR) is 248 cm³/mol. The van der Waals surface area contributed by atoms with Crippen LogP contribution < -0.4 is 26.0 Å². The molecule has 1 heterocycles. The van der Waals surface area contributed by atoms with Crippen LogP contribution in [-0.4, -0.2) is 99.8 Å². The Labute approximate surface area is 398 Å². The fourth-order valence-corrected chi connectivity index (χ4v) is 6.82. The van der Waals surface area contributed by atoms with Crippen molar-refractivity contribution in [1.29, 1.82) is 0 Å². The van der Waals surface area contributed by atoms with Crippen molar-refractivity contribution in [2.75, 3.05) is 26.5 Å². The van der Waals surface area contributed by atoms with Gasteiger partial charge < -0.3 is 49.4 Å². The van der Waals surface area contributed by atoms with Crippen LogP contribution in [-0.2, 0) is 48.5 Å². The molecule has 0 aliphatic heterocycles. The highest BCUT2D eigenvalue weighted by atomic mass is 16.7. The number of hydroxylamine groups is 2. The third-order valence-corrected chi connectivity index (χ3v) is 10.7. The van der Waals surface area contributed by atoms with E-state index in [1.54, 1.807) is 20.8 Å². The predicted octanol–water partition coefficient (Wildman–Crippen LogP) is 5.94. The number of nitrogens with one attached hydrogen (secondary N) is 4. The van der Waals surface area contributed by atoms with E-state index in [0.717, 1.165) is 36.3 Å². The summed E-state index contributed by atoms with van der Waals surface area (Å²) in [5.74, 6) is -5.59. The number of benzene rings is 2. The fraction of sp³-hybridized carbons (Fsp3) is 0.500. The maximum absolute atomic E-state index is 13.7. The molecule has 1 aromatic heterocycles. The quantitative estimate of drug-likeness (QED) is 0.0151. The molecule has 19 nitrogen and oxygen atoms in total. The van der Waals surface area contributed by atoms with Crippen LogP contribution in [0.1, 0.15) is 132 Å². The zero-order chi connectivity index (χ0) is 50.1. The summed E-state index contributed by atoms with van der Waals surface area (Å²) in [5.41, 5.74) is 0.141. The van der Waals surface area contributed by atoms with Gasteiger partial charge in [0.1, 0.15) is 17.6 Å². The number of hydrogen-bond donors (Lipinski definition) is 4. The highest BCUT2D eigenvalue weighted by Gasteiger charge is 2.35. The number of esters is 2. The van der Waals surface area contributed by atoms with Crippen LogP contribution in [0.4, 0.5) is 4.79 Å². The van der Waals surface area contributed by atoms with E-state index in [2.05, 4.69) is 25.9 Å². The van der Waals surface area contributed by atoms with Crippen LogP contribution in [0.5, 0.6) is 5.75 Å². The van der Waals surface area contributed by atoms with E-state index in [-0.39, 0.29) is 49.1 Å². The van der Waals surface area contributed by atoms with Gasteiger partial charge in [-0.2, -0.15) is 5.06 Å². The zero-order valence-electron chi connectivity index (χ0n) is 39.7. The second kappa shape index (κ2) is 29.0. The Morgan fingerprint density at radius 3 is 2.15 bits per heavy atom. The molecule has 0 spiro atoms. The largest absolute Gasteiger partial charge is 0.543 e. The molecule has 2 aromatic carbocycles. The summed E-state index contributed by atoms with van der Waals surface area (Å²) < 4.78 is 26.2. The summed E-state index contributed by atoms with van der Waals surface area (Å²) >= 11 is 0. The maximum Gasteiger partial charge on any atom is 0.432 e. The van der Waals surface area contributed by atoms with E-state index >= 15 is 0 Å². The van der Waals surface area contributed by atoms with Crippen molar-refractivity contribution in [2.45, 2.75) is 123 Å². The van der Waals surface area contributed by atoms with E-state index < -0.39 is 78.3 Å². The lowest BCUT2D eigenvalue weighted by Crippen LogP contribution is -2.51. The van der Waals surface area contributed by atoms with E-state index in [1.165, 1.54) is 30.3 Å². The number of rotatable bonds is 30. The molecule has 0 aliphatic rings. The standard InChI is InChI=1S/C48H64BN5O14/c1-7-11-15-20-34(37(10-4)54(31-55)68-47(62)53-48(5,6)33-18-16-14-17-19-33)43(58)50-30-51-45(60)39-24-23-38(66-39)32-21-22-35(40(27-32)65-29-42(57)63-25-12-8-2)44(59)52-36(28-41(56)67-49)46(61)64-26-13-9-3/h14,16-19,21-24,27,31,34,36-37H,7-13,15,20,25-26,28-30H2,1-6H3,(H,50,58)(H,51,60)(H,52,59)(H,53,62)/t34-,36+,37-/m1/s1. The van der Waals surface area contributed by atoms with E-state index in [9.17, 15) is 38.4 Å². The van der Waals surface area contributed by atoms with Gasteiger partial charge >= 0.3 is 26.1 Å². The normalized spacial score (nSPS) is 12.3. The van der Waals surface area contributed by atoms with Gasteiger partial charge in [-0.1, -0.05) is 96.2 Å². The van der Waals surface area contributed by atoms with Crippen molar-refractivity contribution < 1.29 is 66.5 Å². The number of amides is 5. The van der Waals surface area contributed by atoms with Gasteiger partial charge in [0, 0.05) is 5.56 Å². The van der Waals surface area contributed by atoms with Crippen molar-refractivity contribution >= 4 is 56.2 Å². The van der Waals surface area contributed by atoms with Crippen molar-refractivity contribution in [3.05, 3.63) is 77.6 Å². The molecule has 0 unspecified atom stereocenters. The molecule has 3 aromatic rings. The molecule has 0 aliphatic carbocycles. The monoisotopic (exact) mass is 945 g/mol. The minimum Gasteiger partial charge on any atom is -0.543 e. The molecule has 20 heteroatoms. The Morgan fingerprint density at radius 1 is 0.809 bits per heavy atom. The van der Waals surface area contributed by atoms with E-state index in [4.69, 9.17) is 31.5 Å². The summed E-state index contributed by atoms with van der Waals surface area (Å²) in [6, 6.07) is 13.9. The van der Waals surface area contributed by atoms with Gasteiger partial charge in [-0.3, -0.25) is 24.0 Å². The highest BCUT2D eigenvalue weighted by molar-refractivity contribution is 6.06. The molecule has 3 atom stereocenters. The molecule has 3 rings (SSSR count). The van der Waals surface area contributed by atoms with Gasteiger partial charge in [-0.05, 0) is 69.4 Å². The van der Waals surface area contributed by atoms with Gasteiger partial charge in [-0.15, -0.1) is 0 Å². The number of ether oxygens (including phenoxy) is 3. The van der Waals surface area contributed by atoms with Crippen LogP contribution in [0.3, 0.4) is 0 Å². The number of unbranched alkanes of at least 4 members (excludes halogenated alkanes) is 4. The number of carbonyl (C=O) groups is 8. The van der Waals surface area contributed by atoms with Gasteiger partial charge in [0.05, 0.1) is 49.4 Å². The Morgan fingerprint density at radius 2 is 1.50 bits per heavy atom. The average Bonchev–Trinajstić information content (AvgIpc) is 3.83. The smallest absolute Gasteiger partial charge is 0.432 e. The molecule has 0 fully saturated rings. The Balaban J connectivity index is 1.77. The second-order valence-corrected chi connectivity index (χ2v) is 16.2. The van der Waals surface area contributed by atoms with Gasteiger partial charge in [0.2, 0.25) is 12.3 Å². The van der Waals surface area contributed by atoms with Crippen LogP contribution in [0, 0.1) is 5.92 Å². The minimum absolute atomic E-state index is 0.0498. The third-order valence-electron chi connectivity index (χ3n) is 10.7. The van der Waals surface area contributed by atoms with Crippen LogP contribution in [0.15, 0.2) is 65.1 Å². The van der Waals surface area contributed by atoms with Crippen molar-refractivity contribution in [2.24, 2.45) is 5.92 Å². The van der Waals surface area contributed by atoms with E-state index in [1.807, 2.05) is 51.1 Å². The van der Waals surface area contributed by atoms with E-state index in [0.29, 0.717) is 37.7 Å². The Hall–Kier alpha value is -6.86. The fourth-order valence-electron chi connectivity index (χ4n) is 6.82. The first-order valence-electron chi connectivity index (χ1n) is 22.9. The number of nitrogens with zero attached hydrogens (tertiary/aromatic N) is 1. The van der Waals surface area contributed by atoms with Gasteiger partial charge in [-0.25, -0.2) is 14.4 Å². The molecule has 0 saturated carbocycles. The first-order chi connectivity index (χ1) is 32.6. The minimum atomic E-state index is -1.48. The highest BCUT2D eigenvalue weighted by Crippen LogP contribution is 2.30. The molecular weight excluding hydrogens is 881 g/mol. The topological polar surface area (TPSA) is 247 Å². The molecule has 5 amide bonds. The molecule has 4 N–H and O–H groups in total. The molecule has 0 saturated heterocycles. The van der Waals surface area contributed by atoms with Crippen LogP contribution in [0.2, 0.25) is 0 Å².